The van der Waals surface area contributed by atoms with Crippen LogP contribution in [0.5, 0.6) is 0 Å². The maximum absolute atomic E-state index is 12.7. The SMILES string of the molecule is CC/C=C\C/C=C\C/C=C\C/C=C\C/C=C\CCCC(=O)OCC(COP(=O)(O)OCCN(C)C)OC(=O)CCCCCCCCCCCCCCCCCCCCCCC. The highest BCUT2D eigenvalue weighted by Crippen LogP contribution is 2.43. The summed E-state index contributed by atoms with van der Waals surface area (Å²) in [6.07, 6.45) is 54.3. The number of nitrogens with zero attached hydrogens (tertiary/aromatic N) is 1. The largest absolute Gasteiger partial charge is 0.472 e. The molecule has 354 valence electrons. The predicted molar refractivity (Wildman–Crippen MR) is 257 cm³/mol. The van der Waals surface area contributed by atoms with Gasteiger partial charge in [0, 0.05) is 19.4 Å². The number of unbranched alkanes of at least 4 members (excludes halogenated alkanes) is 21. The number of esters is 2. The van der Waals surface area contributed by atoms with E-state index in [0.717, 1.165) is 51.4 Å². The molecule has 0 spiro atoms. The molecule has 2 unspecified atom stereocenters. The second-order valence-corrected chi connectivity index (χ2v) is 18.1. The predicted octanol–water partition coefficient (Wildman–Crippen LogP) is 14.7. The van der Waals surface area contributed by atoms with Crippen LogP contribution in [-0.2, 0) is 32.7 Å². The number of carbonyl (C=O) groups excluding carboxylic acids is 2. The summed E-state index contributed by atoms with van der Waals surface area (Å²) in [5.74, 6) is -0.866. The number of carbonyl (C=O) groups is 2. The molecule has 0 aromatic carbocycles. The Kier molecular flexibility index (Phi) is 44.0. The summed E-state index contributed by atoms with van der Waals surface area (Å²) >= 11 is 0. The molecule has 2 atom stereocenters. The molecule has 61 heavy (non-hydrogen) atoms. The minimum absolute atomic E-state index is 0.00240. The number of hydrogen-bond acceptors (Lipinski definition) is 8. The van der Waals surface area contributed by atoms with Gasteiger partial charge >= 0.3 is 19.8 Å². The summed E-state index contributed by atoms with van der Waals surface area (Å²) in [7, 11) is -0.737. The summed E-state index contributed by atoms with van der Waals surface area (Å²) in [4.78, 5) is 37.1. The van der Waals surface area contributed by atoms with Crippen LogP contribution in [0.2, 0.25) is 0 Å². The molecular weight excluding hydrogens is 786 g/mol. The van der Waals surface area contributed by atoms with Crippen molar-refractivity contribution in [3.63, 3.8) is 0 Å². The Bertz CT molecular complexity index is 1200. The van der Waals surface area contributed by atoms with E-state index in [-0.39, 0.29) is 26.1 Å². The van der Waals surface area contributed by atoms with Crippen molar-refractivity contribution in [3.05, 3.63) is 60.8 Å². The van der Waals surface area contributed by atoms with E-state index in [1.165, 1.54) is 116 Å². The number of rotatable bonds is 45. The van der Waals surface area contributed by atoms with Crippen molar-refractivity contribution in [1.82, 2.24) is 4.90 Å². The lowest BCUT2D eigenvalue weighted by atomic mass is 10.0. The Morgan fingerprint density at radius 3 is 1.38 bits per heavy atom. The van der Waals surface area contributed by atoms with Crippen molar-refractivity contribution in [1.29, 1.82) is 0 Å². The van der Waals surface area contributed by atoms with Gasteiger partial charge in [0.05, 0.1) is 13.2 Å². The van der Waals surface area contributed by atoms with Crippen LogP contribution in [0.3, 0.4) is 0 Å². The number of likely N-dealkylation sites (N-methyl/N-ethyl adjacent to an activating group) is 1. The van der Waals surface area contributed by atoms with Crippen molar-refractivity contribution in [2.75, 3.05) is 40.5 Å². The molecule has 1 N–H and O–H groups in total. The highest BCUT2D eigenvalue weighted by atomic mass is 31.2. The quantitative estimate of drug-likeness (QED) is 0.0277. The molecule has 0 heterocycles. The normalized spacial score (nSPS) is 13.8. The fourth-order valence-corrected chi connectivity index (χ4v) is 7.35. The molecule has 0 aliphatic carbocycles. The average Bonchev–Trinajstić information content (AvgIpc) is 3.23. The van der Waals surface area contributed by atoms with Crippen LogP contribution < -0.4 is 0 Å². The minimum atomic E-state index is -4.38. The molecule has 0 saturated carbocycles. The fraction of sp³-hybridized carbons (Fsp3) is 0.765. The van der Waals surface area contributed by atoms with Gasteiger partial charge < -0.3 is 19.3 Å². The topological polar surface area (TPSA) is 112 Å². The molecule has 0 aromatic rings. The molecule has 0 rings (SSSR count). The van der Waals surface area contributed by atoms with E-state index < -0.39 is 32.5 Å². The van der Waals surface area contributed by atoms with Crippen molar-refractivity contribution in [3.8, 4) is 0 Å². The molecule has 0 saturated heterocycles. The van der Waals surface area contributed by atoms with Crippen LogP contribution >= 0.6 is 7.82 Å². The van der Waals surface area contributed by atoms with E-state index in [1.54, 1.807) is 0 Å². The molecule has 0 aliphatic rings. The maximum atomic E-state index is 12.7. The summed E-state index contributed by atoms with van der Waals surface area (Å²) < 4.78 is 33.5. The van der Waals surface area contributed by atoms with Crippen LogP contribution in [-0.4, -0.2) is 68.3 Å². The van der Waals surface area contributed by atoms with Crippen LogP contribution in [0.15, 0.2) is 60.8 Å². The van der Waals surface area contributed by atoms with Gasteiger partial charge in [0.1, 0.15) is 6.61 Å². The first-order chi connectivity index (χ1) is 29.7. The highest BCUT2D eigenvalue weighted by Gasteiger charge is 2.26. The third-order valence-corrected chi connectivity index (χ3v) is 11.3. The van der Waals surface area contributed by atoms with Gasteiger partial charge in [-0.15, -0.1) is 0 Å². The molecule has 0 amide bonds. The van der Waals surface area contributed by atoms with Gasteiger partial charge in [0.15, 0.2) is 6.10 Å². The van der Waals surface area contributed by atoms with Crippen molar-refractivity contribution in [2.24, 2.45) is 0 Å². The minimum Gasteiger partial charge on any atom is -0.462 e. The molecule has 10 heteroatoms. The van der Waals surface area contributed by atoms with E-state index in [4.69, 9.17) is 18.5 Å². The van der Waals surface area contributed by atoms with Gasteiger partial charge in [0.25, 0.3) is 0 Å². The highest BCUT2D eigenvalue weighted by molar-refractivity contribution is 7.47. The first-order valence-corrected chi connectivity index (χ1v) is 26.1. The van der Waals surface area contributed by atoms with Crippen LogP contribution in [0, 0.1) is 0 Å². The van der Waals surface area contributed by atoms with Crippen LogP contribution in [0.25, 0.3) is 0 Å². The standard InChI is InChI=1S/C51H92NO8P/c1-5-7-9-11-13-15-17-19-21-23-24-25-26-28-30-32-34-36-38-40-42-44-51(54)60-49(48-59-61(55,56)58-46-45-52(3)4)47-57-50(53)43-41-39-37-35-33-31-29-27-22-20-18-16-14-12-10-8-6-2/h8,10,14,16,20,22,29,31,35,37,49H,5-7,9,11-13,15,17-19,21,23-28,30,32-34,36,38-48H2,1-4H3,(H,55,56)/b10-8-,16-14-,22-20-,31-29-,37-35-. The molecule has 0 bridgehead atoms. The Morgan fingerprint density at radius 2 is 0.934 bits per heavy atom. The number of hydrogen-bond donors (Lipinski definition) is 1. The molecule has 0 aromatic heterocycles. The number of phosphoric acid groups is 1. The van der Waals surface area contributed by atoms with Crippen molar-refractivity contribution < 1.29 is 37.6 Å². The smallest absolute Gasteiger partial charge is 0.462 e. The monoisotopic (exact) mass is 878 g/mol. The van der Waals surface area contributed by atoms with Gasteiger partial charge in [-0.3, -0.25) is 18.6 Å². The Labute approximate surface area is 374 Å². The average molecular weight is 878 g/mol. The third kappa shape index (κ3) is 47.0. The third-order valence-electron chi connectivity index (χ3n) is 10.3. The number of ether oxygens (including phenoxy) is 2. The van der Waals surface area contributed by atoms with E-state index in [9.17, 15) is 19.0 Å². The molecule has 0 aliphatic heterocycles. The van der Waals surface area contributed by atoms with Crippen LogP contribution in [0.4, 0.5) is 0 Å². The zero-order chi connectivity index (χ0) is 44.8. The molecule has 0 fully saturated rings. The first kappa shape index (κ1) is 58.7. The van der Waals surface area contributed by atoms with Gasteiger partial charge in [-0.1, -0.05) is 203 Å². The number of phosphoric ester groups is 1. The van der Waals surface area contributed by atoms with Gasteiger partial charge in [-0.25, -0.2) is 4.57 Å². The van der Waals surface area contributed by atoms with E-state index in [1.807, 2.05) is 19.0 Å². The van der Waals surface area contributed by atoms with Gasteiger partial charge in [-0.2, -0.15) is 0 Å². The van der Waals surface area contributed by atoms with Gasteiger partial charge in [-0.05, 0) is 65.5 Å². The summed E-state index contributed by atoms with van der Waals surface area (Å²) in [6.45, 7) is 4.17. The fourth-order valence-electron chi connectivity index (χ4n) is 6.61. The lowest BCUT2D eigenvalue weighted by Gasteiger charge is -2.20. The van der Waals surface area contributed by atoms with E-state index in [0.29, 0.717) is 19.4 Å². The Hall–Kier alpha value is -2.29. The van der Waals surface area contributed by atoms with Crippen LogP contribution in [0.1, 0.15) is 206 Å². The summed E-state index contributed by atoms with van der Waals surface area (Å²) in [5, 5.41) is 0. The number of allylic oxidation sites excluding steroid dienone is 10. The second kappa shape index (κ2) is 45.7. The molecule has 9 nitrogen and oxygen atoms in total. The van der Waals surface area contributed by atoms with Crippen molar-refractivity contribution >= 4 is 19.8 Å². The van der Waals surface area contributed by atoms with E-state index in [2.05, 4.69) is 74.6 Å². The van der Waals surface area contributed by atoms with E-state index >= 15 is 0 Å². The first-order valence-electron chi connectivity index (χ1n) is 24.6. The lowest BCUT2D eigenvalue weighted by Crippen LogP contribution is -2.29. The maximum Gasteiger partial charge on any atom is 0.472 e. The Balaban J connectivity index is 4.26. The molecular formula is C51H92NO8P. The van der Waals surface area contributed by atoms with Crippen molar-refractivity contribution in [2.45, 2.75) is 213 Å². The summed E-state index contributed by atoms with van der Waals surface area (Å²) in [5.41, 5.74) is 0. The summed E-state index contributed by atoms with van der Waals surface area (Å²) in [6, 6.07) is 0. The lowest BCUT2D eigenvalue weighted by molar-refractivity contribution is -0.161. The zero-order valence-electron chi connectivity index (χ0n) is 39.6. The van der Waals surface area contributed by atoms with Gasteiger partial charge in [0.2, 0.25) is 0 Å². The zero-order valence-corrected chi connectivity index (χ0v) is 40.5. The Morgan fingerprint density at radius 1 is 0.525 bits per heavy atom. The molecule has 0 radical (unpaired) electrons. The second-order valence-electron chi connectivity index (χ2n) is 16.6.